The number of cyclic esters (lactones) is 1. The molecule has 0 aliphatic carbocycles. The number of H-pyrrole nitrogens is 1. The molecule has 27 heavy (non-hydrogen) atoms. The summed E-state index contributed by atoms with van der Waals surface area (Å²) in [7, 11) is 1.57. The summed E-state index contributed by atoms with van der Waals surface area (Å²) in [5.41, 5.74) is 1.39. The zero-order valence-electron chi connectivity index (χ0n) is 14.5. The maximum absolute atomic E-state index is 12.4. The molecular weight excluding hydrogens is 372 g/mol. The zero-order valence-corrected chi connectivity index (χ0v) is 15.2. The Kier molecular flexibility index (Phi) is 4.15. The molecule has 1 aliphatic rings. The van der Waals surface area contributed by atoms with Crippen molar-refractivity contribution >= 4 is 40.5 Å². The summed E-state index contributed by atoms with van der Waals surface area (Å²) in [4.78, 5) is 40.8. The second kappa shape index (κ2) is 6.51. The van der Waals surface area contributed by atoms with Crippen molar-refractivity contribution in [3.05, 3.63) is 51.0 Å². The topological polar surface area (TPSA) is 113 Å². The molecule has 0 spiro atoms. The normalized spacial score (nSPS) is 14.6. The van der Waals surface area contributed by atoms with Gasteiger partial charge in [0, 0.05) is 30.4 Å². The molecule has 1 atom stereocenters. The number of hydrogen-bond donors (Lipinski definition) is 2. The summed E-state index contributed by atoms with van der Waals surface area (Å²) in [6.07, 6.45) is 2.59. The quantitative estimate of drug-likeness (QED) is 0.711. The van der Waals surface area contributed by atoms with Gasteiger partial charge in [0.05, 0.1) is 16.6 Å². The van der Waals surface area contributed by atoms with Crippen LogP contribution in [0.5, 0.6) is 0 Å². The number of fused-ring (bicyclic) bond motifs is 2. The third-order valence-electron chi connectivity index (χ3n) is 4.29. The molecule has 0 fully saturated rings. The molecule has 0 saturated heterocycles. The highest BCUT2D eigenvalue weighted by Gasteiger charge is 2.25. The van der Waals surface area contributed by atoms with Gasteiger partial charge in [-0.25, -0.2) is 14.8 Å². The number of carbonyl (C=O) groups is 1. The Morgan fingerprint density at radius 1 is 1.30 bits per heavy atom. The number of nitrogens with zero attached hydrogens (tertiary/aromatic N) is 4. The van der Waals surface area contributed by atoms with E-state index >= 15 is 0 Å². The van der Waals surface area contributed by atoms with Gasteiger partial charge in [-0.15, -0.1) is 0 Å². The molecule has 9 nitrogen and oxygen atoms in total. The van der Waals surface area contributed by atoms with E-state index in [2.05, 4.69) is 25.3 Å². The monoisotopic (exact) mass is 386 g/mol. The summed E-state index contributed by atoms with van der Waals surface area (Å²) in [5, 5.41) is 4.29. The number of anilines is 2. The highest BCUT2D eigenvalue weighted by atomic mass is 35.5. The molecule has 4 heterocycles. The highest BCUT2D eigenvalue weighted by molar-refractivity contribution is 6.31. The Morgan fingerprint density at radius 3 is 2.93 bits per heavy atom. The lowest BCUT2D eigenvalue weighted by Crippen LogP contribution is -2.33. The van der Waals surface area contributed by atoms with Crippen LogP contribution in [0.3, 0.4) is 0 Å². The Bertz CT molecular complexity index is 1120. The maximum atomic E-state index is 12.4. The van der Waals surface area contributed by atoms with Crippen LogP contribution in [0, 0.1) is 0 Å². The number of aromatic amines is 1. The van der Waals surface area contributed by atoms with Crippen LogP contribution in [0.15, 0.2) is 29.3 Å². The van der Waals surface area contributed by atoms with Gasteiger partial charge in [-0.1, -0.05) is 11.6 Å². The van der Waals surface area contributed by atoms with Crippen molar-refractivity contribution in [3.8, 4) is 0 Å². The lowest BCUT2D eigenvalue weighted by Gasteiger charge is -2.24. The summed E-state index contributed by atoms with van der Waals surface area (Å²) < 4.78 is 5.00. The molecule has 0 bridgehead atoms. The number of nitrogens with one attached hydrogen (secondary N) is 2. The summed E-state index contributed by atoms with van der Waals surface area (Å²) in [5.74, 6) is 0.769. The first-order chi connectivity index (χ1) is 12.9. The molecule has 138 valence electrons. The molecule has 0 aromatic carbocycles. The van der Waals surface area contributed by atoms with E-state index in [0.717, 1.165) is 5.39 Å². The largest absolute Gasteiger partial charge is 0.444 e. The summed E-state index contributed by atoms with van der Waals surface area (Å²) in [6.45, 7) is 1.95. The van der Waals surface area contributed by atoms with Crippen LogP contribution in [0.4, 0.5) is 16.6 Å². The van der Waals surface area contributed by atoms with Crippen LogP contribution in [0.25, 0.3) is 11.0 Å². The number of ether oxygens (including phenoxy) is 1. The third kappa shape index (κ3) is 3.17. The molecule has 2 N–H and O–H groups in total. The molecule has 1 amide bonds. The molecule has 0 unspecified atom stereocenters. The van der Waals surface area contributed by atoms with E-state index in [4.69, 9.17) is 16.3 Å². The molecule has 10 heteroatoms. The molecule has 0 radical (unpaired) electrons. The lowest BCUT2D eigenvalue weighted by atomic mass is 10.1. The second-order valence-corrected chi connectivity index (χ2v) is 6.60. The van der Waals surface area contributed by atoms with E-state index in [1.165, 1.54) is 11.1 Å². The number of halogens is 1. The van der Waals surface area contributed by atoms with E-state index in [1.807, 2.05) is 6.92 Å². The van der Waals surface area contributed by atoms with E-state index in [0.29, 0.717) is 33.6 Å². The van der Waals surface area contributed by atoms with Crippen molar-refractivity contribution < 1.29 is 9.53 Å². The predicted octanol–water partition coefficient (Wildman–Crippen LogP) is 2.63. The first-order valence-corrected chi connectivity index (χ1v) is 8.51. The van der Waals surface area contributed by atoms with Crippen LogP contribution in [-0.2, 0) is 11.3 Å². The first kappa shape index (κ1) is 17.2. The number of pyridine rings is 2. The van der Waals surface area contributed by atoms with E-state index in [1.54, 1.807) is 25.4 Å². The average molecular weight is 387 g/mol. The number of aromatic nitrogens is 4. The minimum atomic E-state index is -0.476. The van der Waals surface area contributed by atoms with Gasteiger partial charge >= 0.3 is 6.09 Å². The minimum Gasteiger partial charge on any atom is -0.444 e. The van der Waals surface area contributed by atoms with Crippen LogP contribution < -0.4 is 15.8 Å². The van der Waals surface area contributed by atoms with E-state index < -0.39 is 12.1 Å². The van der Waals surface area contributed by atoms with Crippen molar-refractivity contribution in [1.82, 2.24) is 19.9 Å². The van der Waals surface area contributed by atoms with Gasteiger partial charge < -0.3 is 15.0 Å². The minimum absolute atomic E-state index is 0.131. The van der Waals surface area contributed by atoms with Gasteiger partial charge in [-0.3, -0.25) is 9.69 Å². The maximum Gasteiger partial charge on any atom is 0.415 e. The van der Waals surface area contributed by atoms with E-state index in [9.17, 15) is 9.59 Å². The second-order valence-electron chi connectivity index (χ2n) is 6.17. The van der Waals surface area contributed by atoms with Crippen LogP contribution in [0.2, 0.25) is 5.02 Å². The molecule has 3 aromatic rings. The highest BCUT2D eigenvalue weighted by Crippen LogP contribution is 2.25. The van der Waals surface area contributed by atoms with Crippen LogP contribution in [-0.4, -0.2) is 33.1 Å². The fourth-order valence-electron chi connectivity index (χ4n) is 2.86. The number of rotatable bonds is 3. The van der Waals surface area contributed by atoms with Crippen molar-refractivity contribution in [2.45, 2.75) is 19.6 Å². The Hall–Kier alpha value is -3.20. The van der Waals surface area contributed by atoms with Crippen molar-refractivity contribution in [2.75, 3.05) is 17.3 Å². The molecular formula is C17H15ClN6O3. The van der Waals surface area contributed by atoms with Crippen LogP contribution in [0.1, 0.15) is 24.1 Å². The number of amides is 1. The summed E-state index contributed by atoms with van der Waals surface area (Å²) in [6, 6.07) is 3.06. The van der Waals surface area contributed by atoms with Gasteiger partial charge in [-0.2, -0.15) is 4.98 Å². The van der Waals surface area contributed by atoms with Gasteiger partial charge in [0.2, 0.25) is 5.95 Å². The Balaban J connectivity index is 1.65. The fourth-order valence-corrected chi connectivity index (χ4v) is 3.02. The molecule has 4 rings (SSSR count). The zero-order chi connectivity index (χ0) is 19.1. The van der Waals surface area contributed by atoms with Crippen molar-refractivity contribution in [3.63, 3.8) is 0 Å². The summed E-state index contributed by atoms with van der Waals surface area (Å²) >= 11 is 5.98. The SMILES string of the molecule is C[C@H](Nc1ncc2c(n1)N(C)C(=O)OC2)c1cc2cc(Cl)cnc2[nH]c1=O. The molecule has 3 aromatic heterocycles. The van der Waals surface area contributed by atoms with Gasteiger partial charge in [0.25, 0.3) is 5.56 Å². The van der Waals surface area contributed by atoms with Gasteiger partial charge in [-0.05, 0) is 19.1 Å². The predicted molar refractivity (Wildman–Crippen MR) is 100 cm³/mol. The Labute approximate surface area is 158 Å². The van der Waals surface area contributed by atoms with Crippen LogP contribution >= 0.6 is 11.6 Å². The lowest BCUT2D eigenvalue weighted by molar-refractivity contribution is 0.143. The molecule has 1 aliphatic heterocycles. The standard InChI is InChI=1S/C17H15ClN6O3/c1-8(12-4-9-3-11(18)6-19-13(9)22-15(12)25)21-16-20-5-10-7-27-17(26)24(2)14(10)23-16/h3-6,8H,7H2,1-2H3,(H,19,22,25)(H,20,21,23)/t8-/m0/s1. The van der Waals surface area contributed by atoms with Crippen molar-refractivity contribution in [2.24, 2.45) is 0 Å². The first-order valence-electron chi connectivity index (χ1n) is 8.14. The number of carbonyl (C=O) groups excluding carboxylic acids is 1. The average Bonchev–Trinajstić information content (AvgIpc) is 2.65. The fraction of sp³-hybridized carbons (Fsp3) is 0.235. The smallest absolute Gasteiger partial charge is 0.415 e. The Morgan fingerprint density at radius 2 is 2.11 bits per heavy atom. The molecule has 0 saturated carbocycles. The van der Waals surface area contributed by atoms with Gasteiger partial charge in [0.1, 0.15) is 18.1 Å². The van der Waals surface area contributed by atoms with Crippen molar-refractivity contribution in [1.29, 1.82) is 0 Å². The van der Waals surface area contributed by atoms with E-state index in [-0.39, 0.29) is 12.2 Å². The number of hydrogen-bond acceptors (Lipinski definition) is 7. The third-order valence-corrected chi connectivity index (χ3v) is 4.49. The van der Waals surface area contributed by atoms with Gasteiger partial charge in [0.15, 0.2) is 0 Å².